The number of benzene rings is 2. The number of aromatic nitrogens is 2. The Hall–Kier alpha value is -3.72. The van der Waals surface area contributed by atoms with E-state index in [2.05, 4.69) is 4.98 Å². The smallest absolute Gasteiger partial charge is 0.330 e. The van der Waals surface area contributed by atoms with Gasteiger partial charge >= 0.3 is 5.69 Å². The molecule has 1 heterocycles. The van der Waals surface area contributed by atoms with Crippen molar-refractivity contribution < 1.29 is 9.18 Å². The number of hydrogen-bond donors (Lipinski definition) is 2. The number of H-pyrrole nitrogens is 1. The highest BCUT2D eigenvalue weighted by molar-refractivity contribution is 5.96. The third-order valence-corrected chi connectivity index (χ3v) is 5.51. The second-order valence-electron chi connectivity index (χ2n) is 8.23. The van der Waals surface area contributed by atoms with Gasteiger partial charge in [-0.05, 0) is 25.1 Å². The molecule has 0 saturated heterocycles. The number of nitrogens with zero attached hydrogens (tertiary/aromatic N) is 3. The molecule has 0 radical (unpaired) electrons. The second kappa shape index (κ2) is 11.4. The summed E-state index contributed by atoms with van der Waals surface area (Å²) < 4.78 is 15.4. The van der Waals surface area contributed by atoms with Crippen LogP contribution >= 0.6 is 0 Å². The lowest BCUT2D eigenvalue weighted by Gasteiger charge is -2.27. The van der Waals surface area contributed by atoms with Crippen LogP contribution < -0.4 is 21.9 Å². The number of likely N-dealkylation sites (N-methyl/N-ethyl adjacent to an activating group) is 1. The van der Waals surface area contributed by atoms with Crippen LogP contribution in [0.4, 0.5) is 15.9 Å². The van der Waals surface area contributed by atoms with E-state index in [4.69, 9.17) is 5.73 Å². The summed E-state index contributed by atoms with van der Waals surface area (Å²) in [5.74, 6) is -0.810. The fourth-order valence-corrected chi connectivity index (χ4v) is 3.72. The maximum absolute atomic E-state index is 14.1. The second-order valence-corrected chi connectivity index (χ2v) is 8.23. The predicted octanol–water partition coefficient (Wildman–Crippen LogP) is 2.72. The summed E-state index contributed by atoms with van der Waals surface area (Å²) in [4.78, 5) is 43.9. The van der Waals surface area contributed by atoms with E-state index in [0.29, 0.717) is 18.5 Å². The molecule has 180 valence electrons. The van der Waals surface area contributed by atoms with E-state index in [9.17, 15) is 18.8 Å². The normalized spacial score (nSPS) is 11.1. The molecular formula is C25H30FN5O3. The van der Waals surface area contributed by atoms with E-state index in [0.717, 1.165) is 12.0 Å². The van der Waals surface area contributed by atoms with E-state index >= 15 is 0 Å². The van der Waals surface area contributed by atoms with Crippen LogP contribution in [0.3, 0.4) is 0 Å². The number of carbonyl (C=O) groups is 1. The molecule has 0 bridgehead atoms. The van der Waals surface area contributed by atoms with Gasteiger partial charge in [-0.1, -0.05) is 61.9 Å². The molecular weight excluding hydrogens is 437 g/mol. The lowest BCUT2D eigenvalue weighted by atomic mass is 10.2. The largest absolute Gasteiger partial charge is 0.383 e. The number of hydrogen-bond acceptors (Lipinski definition) is 5. The Labute approximate surface area is 197 Å². The standard InChI is InChI=1S/C25H30FN5O3/c1-3-4-14-30-23(27)22(24(33)28-25(30)34)31(15-18-10-6-5-7-11-18)21(32)17-29(2)16-19-12-8-9-13-20(19)26/h5-13H,3-4,14-17,27H2,1-2H3,(H,28,33,34). The number of nitrogen functional groups attached to an aromatic ring is 1. The van der Waals surface area contributed by atoms with E-state index in [1.807, 2.05) is 37.3 Å². The number of rotatable bonds is 10. The quantitative estimate of drug-likeness (QED) is 0.477. The van der Waals surface area contributed by atoms with Crippen molar-refractivity contribution in [3.8, 4) is 0 Å². The molecule has 0 aliphatic rings. The maximum Gasteiger partial charge on any atom is 0.330 e. The summed E-state index contributed by atoms with van der Waals surface area (Å²) in [6.07, 6.45) is 1.52. The molecule has 34 heavy (non-hydrogen) atoms. The molecule has 1 aromatic heterocycles. The van der Waals surface area contributed by atoms with Crippen LogP contribution in [0.1, 0.15) is 30.9 Å². The van der Waals surface area contributed by atoms with Gasteiger partial charge in [-0.3, -0.25) is 28.9 Å². The van der Waals surface area contributed by atoms with E-state index in [1.165, 1.54) is 15.5 Å². The van der Waals surface area contributed by atoms with Crippen molar-refractivity contribution in [3.63, 3.8) is 0 Å². The van der Waals surface area contributed by atoms with Gasteiger partial charge in [0.25, 0.3) is 5.56 Å². The summed E-state index contributed by atoms with van der Waals surface area (Å²) in [6, 6.07) is 15.5. The Bertz CT molecular complexity index is 1240. The van der Waals surface area contributed by atoms with Gasteiger partial charge in [-0.25, -0.2) is 9.18 Å². The Kier molecular flexibility index (Phi) is 8.37. The van der Waals surface area contributed by atoms with Gasteiger partial charge < -0.3 is 5.73 Å². The first kappa shape index (κ1) is 24.9. The topological polar surface area (TPSA) is 104 Å². The predicted molar refractivity (Wildman–Crippen MR) is 131 cm³/mol. The number of anilines is 2. The third-order valence-electron chi connectivity index (χ3n) is 5.51. The van der Waals surface area contributed by atoms with Crippen LogP contribution in [0.25, 0.3) is 0 Å². The van der Waals surface area contributed by atoms with E-state index in [1.54, 1.807) is 30.1 Å². The first-order chi connectivity index (χ1) is 16.3. The number of carbonyl (C=O) groups excluding carboxylic acids is 1. The molecule has 0 aliphatic carbocycles. The summed E-state index contributed by atoms with van der Waals surface area (Å²) in [6.45, 7) is 2.51. The van der Waals surface area contributed by atoms with Crippen LogP contribution in [0.5, 0.6) is 0 Å². The lowest BCUT2D eigenvalue weighted by Crippen LogP contribution is -2.44. The van der Waals surface area contributed by atoms with Crippen molar-refractivity contribution in [2.24, 2.45) is 0 Å². The van der Waals surface area contributed by atoms with Crippen molar-refractivity contribution in [3.05, 3.63) is 92.4 Å². The molecule has 0 fully saturated rings. The number of aromatic amines is 1. The minimum atomic E-state index is -0.726. The van der Waals surface area contributed by atoms with Gasteiger partial charge in [-0.2, -0.15) is 0 Å². The number of halogens is 1. The zero-order chi connectivity index (χ0) is 24.7. The van der Waals surface area contributed by atoms with Crippen LogP contribution in [0.15, 0.2) is 64.2 Å². The highest BCUT2D eigenvalue weighted by atomic mass is 19.1. The summed E-state index contributed by atoms with van der Waals surface area (Å²) in [5.41, 5.74) is 6.12. The van der Waals surface area contributed by atoms with E-state index in [-0.39, 0.29) is 37.0 Å². The van der Waals surface area contributed by atoms with Crippen LogP contribution in [-0.2, 0) is 24.4 Å². The Morgan fingerprint density at radius 1 is 1.06 bits per heavy atom. The molecule has 3 N–H and O–H groups in total. The average molecular weight is 468 g/mol. The molecule has 8 nitrogen and oxygen atoms in total. The Morgan fingerprint density at radius 3 is 2.41 bits per heavy atom. The van der Waals surface area contributed by atoms with Gasteiger partial charge in [0.2, 0.25) is 5.91 Å². The molecule has 1 amide bonds. The molecule has 0 atom stereocenters. The fraction of sp³-hybridized carbons (Fsp3) is 0.320. The zero-order valence-electron chi connectivity index (χ0n) is 19.5. The molecule has 2 aromatic carbocycles. The van der Waals surface area contributed by atoms with Gasteiger partial charge in [0.1, 0.15) is 11.6 Å². The fourth-order valence-electron chi connectivity index (χ4n) is 3.72. The summed E-state index contributed by atoms with van der Waals surface area (Å²) in [7, 11) is 1.70. The highest BCUT2D eigenvalue weighted by Gasteiger charge is 2.25. The number of amides is 1. The summed E-state index contributed by atoms with van der Waals surface area (Å²) in [5, 5.41) is 0. The van der Waals surface area contributed by atoms with Gasteiger partial charge in [-0.15, -0.1) is 0 Å². The number of unbranched alkanes of at least 4 members (excludes halogenated alkanes) is 1. The lowest BCUT2D eigenvalue weighted by molar-refractivity contribution is -0.119. The highest BCUT2D eigenvalue weighted by Crippen LogP contribution is 2.21. The number of nitrogens with two attached hydrogens (primary N) is 1. The molecule has 0 aliphatic heterocycles. The third kappa shape index (κ3) is 5.99. The van der Waals surface area contributed by atoms with Gasteiger partial charge in [0.15, 0.2) is 5.69 Å². The minimum absolute atomic E-state index is 0.0526. The molecule has 0 spiro atoms. The van der Waals surface area contributed by atoms with E-state index < -0.39 is 17.2 Å². The van der Waals surface area contributed by atoms with Gasteiger partial charge in [0, 0.05) is 18.7 Å². The average Bonchev–Trinajstić information content (AvgIpc) is 2.80. The molecule has 3 aromatic rings. The molecule has 9 heteroatoms. The number of nitrogens with one attached hydrogen (secondary N) is 1. The molecule has 0 saturated carbocycles. The van der Waals surface area contributed by atoms with Crippen molar-refractivity contribution in [1.29, 1.82) is 0 Å². The Morgan fingerprint density at radius 2 is 1.74 bits per heavy atom. The first-order valence-electron chi connectivity index (χ1n) is 11.2. The molecule has 3 rings (SSSR count). The first-order valence-corrected chi connectivity index (χ1v) is 11.2. The monoisotopic (exact) mass is 467 g/mol. The van der Waals surface area contributed by atoms with Crippen molar-refractivity contribution in [2.45, 2.75) is 39.4 Å². The molecule has 0 unspecified atom stereocenters. The van der Waals surface area contributed by atoms with Crippen LogP contribution in [0, 0.1) is 5.82 Å². The van der Waals surface area contributed by atoms with Crippen LogP contribution in [0.2, 0.25) is 0 Å². The van der Waals surface area contributed by atoms with Gasteiger partial charge in [0.05, 0.1) is 13.1 Å². The van der Waals surface area contributed by atoms with Crippen LogP contribution in [-0.4, -0.2) is 34.0 Å². The van der Waals surface area contributed by atoms with Crippen molar-refractivity contribution in [1.82, 2.24) is 14.5 Å². The zero-order valence-corrected chi connectivity index (χ0v) is 19.5. The Balaban J connectivity index is 1.96. The van der Waals surface area contributed by atoms with Crippen molar-refractivity contribution >= 4 is 17.4 Å². The summed E-state index contributed by atoms with van der Waals surface area (Å²) >= 11 is 0. The van der Waals surface area contributed by atoms with Crippen molar-refractivity contribution in [2.75, 3.05) is 24.2 Å². The maximum atomic E-state index is 14.1. The SMILES string of the molecule is CCCCn1c(N)c(N(Cc2ccccc2)C(=O)CN(C)Cc2ccccc2F)c(=O)[nH]c1=O. The minimum Gasteiger partial charge on any atom is -0.383 e.